The molecule has 0 aliphatic heterocycles. The molecular weight excluding hydrogens is 432 g/mol. The highest BCUT2D eigenvalue weighted by Crippen LogP contribution is 2.19. The summed E-state index contributed by atoms with van der Waals surface area (Å²) in [5.41, 5.74) is 0. The van der Waals surface area contributed by atoms with Gasteiger partial charge in [-0.3, -0.25) is 0 Å². The smallest absolute Gasteiger partial charge is 0.336 e. The quantitative estimate of drug-likeness (QED) is 0.119. The zero-order valence-corrected chi connectivity index (χ0v) is 20.3. The number of carbonyl (C=O) groups is 2. The van der Waals surface area contributed by atoms with Gasteiger partial charge in [0.25, 0.3) is 0 Å². The maximum Gasteiger partial charge on any atom is 0.336 e. The molecule has 0 aliphatic carbocycles. The molecule has 34 heavy (non-hydrogen) atoms. The van der Waals surface area contributed by atoms with Crippen LogP contribution in [0, 0.1) is 0 Å². The number of hydrogen-bond acceptors (Lipinski definition) is 6. The van der Waals surface area contributed by atoms with E-state index in [0.717, 1.165) is 49.3 Å². The predicted molar refractivity (Wildman–Crippen MR) is 133 cm³/mol. The summed E-state index contributed by atoms with van der Waals surface area (Å²) in [4.78, 5) is 23.9. The van der Waals surface area contributed by atoms with Gasteiger partial charge in [0, 0.05) is 12.2 Å². The molecule has 6 heteroatoms. The third-order valence-corrected chi connectivity index (χ3v) is 4.97. The van der Waals surface area contributed by atoms with Crippen LogP contribution in [-0.2, 0) is 9.59 Å². The highest BCUT2D eigenvalue weighted by molar-refractivity contribution is 5.93. The van der Waals surface area contributed by atoms with E-state index in [1.54, 1.807) is 48.5 Å². The maximum absolute atomic E-state index is 12.0. The summed E-state index contributed by atoms with van der Waals surface area (Å²) in [6.07, 6.45) is 11.2. The SMILES string of the molecule is CCCCCCOc1ccc(OC(=O)/C=C\C(=O)Oc2ccc(OCCCCCC)cc2)cc1. The number of ether oxygens (including phenoxy) is 4. The minimum absolute atomic E-state index is 0.367. The second-order valence-corrected chi connectivity index (χ2v) is 7.94. The molecule has 2 aromatic carbocycles. The number of rotatable bonds is 16. The Bertz CT molecular complexity index is 797. The fraction of sp³-hybridized carbons (Fsp3) is 0.429. The molecule has 0 saturated heterocycles. The van der Waals surface area contributed by atoms with Crippen LogP contribution in [0.4, 0.5) is 0 Å². The summed E-state index contributed by atoms with van der Waals surface area (Å²) in [5, 5.41) is 0. The molecule has 0 N–H and O–H groups in total. The molecule has 0 radical (unpaired) electrons. The van der Waals surface area contributed by atoms with Crippen LogP contribution in [0.25, 0.3) is 0 Å². The highest BCUT2D eigenvalue weighted by Gasteiger charge is 2.05. The summed E-state index contributed by atoms with van der Waals surface area (Å²) in [6, 6.07) is 13.6. The number of benzene rings is 2. The first kappa shape index (κ1) is 27.0. The minimum Gasteiger partial charge on any atom is -0.494 e. The van der Waals surface area contributed by atoms with Gasteiger partial charge < -0.3 is 18.9 Å². The van der Waals surface area contributed by atoms with Gasteiger partial charge >= 0.3 is 11.9 Å². The van der Waals surface area contributed by atoms with Gasteiger partial charge in [-0.2, -0.15) is 0 Å². The Labute approximate surface area is 202 Å². The summed E-state index contributed by atoms with van der Waals surface area (Å²) in [5.74, 6) is 0.846. The van der Waals surface area contributed by atoms with Crippen molar-refractivity contribution in [2.24, 2.45) is 0 Å². The molecule has 0 aliphatic rings. The molecule has 0 fully saturated rings. The maximum atomic E-state index is 12.0. The van der Waals surface area contributed by atoms with Crippen LogP contribution in [0.5, 0.6) is 23.0 Å². The fourth-order valence-corrected chi connectivity index (χ4v) is 3.08. The third-order valence-electron chi connectivity index (χ3n) is 4.97. The Morgan fingerprint density at radius 2 is 0.912 bits per heavy atom. The molecule has 0 spiro atoms. The Morgan fingerprint density at radius 1 is 0.559 bits per heavy atom. The van der Waals surface area contributed by atoms with Crippen LogP contribution in [0.2, 0.25) is 0 Å². The monoisotopic (exact) mass is 468 g/mol. The van der Waals surface area contributed by atoms with Crippen molar-refractivity contribution in [1.82, 2.24) is 0 Å². The van der Waals surface area contributed by atoms with Crippen LogP contribution < -0.4 is 18.9 Å². The van der Waals surface area contributed by atoms with Gasteiger partial charge in [0.1, 0.15) is 23.0 Å². The standard InChI is InChI=1S/C28H36O6/c1-3-5-7-9-21-31-23-11-15-25(16-12-23)33-27(29)19-20-28(30)34-26-17-13-24(14-18-26)32-22-10-8-6-4-2/h11-20H,3-10,21-22H2,1-2H3/b20-19-. The topological polar surface area (TPSA) is 71.1 Å². The molecule has 184 valence electrons. The first-order valence-electron chi connectivity index (χ1n) is 12.2. The van der Waals surface area contributed by atoms with E-state index in [1.165, 1.54) is 25.7 Å². The first-order chi connectivity index (χ1) is 16.6. The molecule has 2 aromatic rings. The molecule has 0 aromatic heterocycles. The first-order valence-corrected chi connectivity index (χ1v) is 12.2. The summed E-state index contributed by atoms with van der Waals surface area (Å²) in [6.45, 7) is 5.67. The van der Waals surface area contributed by atoms with Gasteiger partial charge in [-0.15, -0.1) is 0 Å². The van der Waals surface area contributed by atoms with Crippen molar-refractivity contribution < 1.29 is 28.5 Å². The van der Waals surface area contributed by atoms with Crippen molar-refractivity contribution in [2.45, 2.75) is 65.2 Å². The predicted octanol–water partition coefficient (Wildman–Crippen LogP) is 6.67. The van der Waals surface area contributed by atoms with E-state index in [1.807, 2.05) is 0 Å². The summed E-state index contributed by atoms with van der Waals surface area (Å²) >= 11 is 0. The van der Waals surface area contributed by atoms with Crippen molar-refractivity contribution in [3.8, 4) is 23.0 Å². The number of esters is 2. The van der Waals surface area contributed by atoms with Crippen molar-refractivity contribution in [3.63, 3.8) is 0 Å². The molecule has 2 rings (SSSR count). The number of hydrogen-bond donors (Lipinski definition) is 0. The molecule has 0 atom stereocenters. The van der Waals surface area contributed by atoms with E-state index in [9.17, 15) is 9.59 Å². The van der Waals surface area contributed by atoms with Crippen LogP contribution in [0.1, 0.15) is 65.2 Å². The molecule has 0 bridgehead atoms. The van der Waals surface area contributed by atoms with Crippen LogP contribution in [0.3, 0.4) is 0 Å². The highest BCUT2D eigenvalue weighted by atomic mass is 16.5. The van der Waals surface area contributed by atoms with Gasteiger partial charge in [-0.25, -0.2) is 9.59 Å². The third kappa shape index (κ3) is 11.5. The Hall–Kier alpha value is -3.28. The van der Waals surface area contributed by atoms with Gasteiger partial charge in [0.2, 0.25) is 0 Å². The fourth-order valence-electron chi connectivity index (χ4n) is 3.08. The molecular formula is C28H36O6. The van der Waals surface area contributed by atoms with E-state index in [0.29, 0.717) is 24.7 Å². The van der Waals surface area contributed by atoms with Crippen molar-refractivity contribution in [1.29, 1.82) is 0 Å². The zero-order valence-electron chi connectivity index (χ0n) is 20.3. The van der Waals surface area contributed by atoms with Crippen molar-refractivity contribution in [3.05, 3.63) is 60.7 Å². The van der Waals surface area contributed by atoms with Crippen molar-refractivity contribution >= 4 is 11.9 Å². The van der Waals surface area contributed by atoms with Crippen LogP contribution in [0.15, 0.2) is 60.7 Å². The van der Waals surface area contributed by atoms with E-state index in [-0.39, 0.29) is 0 Å². The Balaban J connectivity index is 1.69. The molecule has 0 heterocycles. The average Bonchev–Trinajstić information content (AvgIpc) is 2.84. The molecule has 6 nitrogen and oxygen atoms in total. The van der Waals surface area contributed by atoms with Crippen LogP contribution >= 0.6 is 0 Å². The van der Waals surface area contributed by atoms with E-state index in [4.69, 9.17) is 18.9 Å². The van der Waals surface area contributed by atoms with Gasteiger partial charge in [0.15, 0.2) is 0 Å². The second-order valence-electron chi connectivity index (χ2n) is 7.94. The lowest BCUT2D eigenvalue weighted by molar-refractivity contribution is -0.131. The summed E-state index contributed by atoms with van der Waals surface area (Å²) in [7, 11) is 0. The van der Waals surface area contributed by atoms with Gasteiger partial charge in [0.05, 0.1) is 13.2 Å². The van der Waals surface area contributed by atoms with E-state index >= 15 is 0 Å². The molecule has 0 saturated carbocycles. The van der Waals surface area contributed by atoms with E-state index < -0.39 is 11.9 Å². The lowest BCUT2D eigenvalue weighted by atomic mass is 10.2. The minimum atomic E-state index is -0.669. The van der Waals surface area contributed by atoms with E-state index in [2.05, 4.69) is 13.8 Å². The lowest BCUT2D eigenvalue weighted by Crippen LogP contribution is -2.08. The Morgan fingerprint density at radius 3 is 1.26 bits per heavy atom. The van der Waals surface area contributed by atoms with Gasteiger partial charge in [-0.05, 0) is 61.4 Å². The van der Waals surface area contributed by atoms with Crippen molar-refractivity contribution in [2.75, 3.05) is 13.2 Å². The second kappa shape index (κ2) is 16.4. The number of unbranched alkanes of at least 4 members (excludes halogenated alkanes) is 6. The largest absolute Gasteiger partial charge is 0.494 e. The Kier molecular flexibility index (Phi) is 13.0. The lowest BCUT2D eigenvalue weighted by Gasteiger charge is -2.07. The van der Waals surface area contributed by atoms with Crippen LogP contribution in [-0.4, -0.2) is 25.2 Å². The molecule has 0 amide bonds. The summed E-state index contributed by atoms with van der Waals surface area (Å²) < 4.78 is 21.7. The zero-order chi connectivity index (χ0) is 24.4. The molecule has 0 unspecified atom stereocenters. The average molecular weight is 469 g/mol. The normalized spacial score (nSPS) is 10.8. The van der Waals surface area contributed by atoms with Gasteiger partial charge in [-0.1, -0.05) is 52.4 Å². The number of carbonyl (C=O) groups excluding carboxylic acids is 2.